The second kappa shape index (κ2) is 13.6. The first-order valence-electron chi connectivity index (χ1n) is 13.2. The van der Waals surface area contributed by atoms with Crippen LogP contribution in [0.2, 0.25) is 0 Å². The molecule has 10 heteroatoms. The molecule has 0 fully saturated rings. The average molecular weight is 599 g/mol. The number of ketones is 4. The lowest BCUT2D eigenvalue weighted by atomic mass is 9.88. The van der Waals surface area contributed by atoms with Gasteiger partial charge in [0.1, 0.15) is 11.5 Å². The summed E-state index contributed by atoms with van der Waals surface area (Å²) < 4.78 is 31.7. The highest BCUT2D eigenvalue weighted by Crippen LogP contribution is 2.35. The Labute approximate surface area is 254 Å². The zero-order valence-electron chi connectivity index (χ0n) is 25.0. The molecule has 0 heterocycles. The fourth-order valence-electron chi connectivity index (χ4n) is 4.61. The Morgan fingerprint density at radius 2 is 0.750 bits per heavy atom. The molecule has 0 spiro atoms. The molecule has 44 heavy (non-hydrogen) atoms. The number of benzene rings is 4. The second-order valence-corrected chi connectivity index (χ2v) is 9.28. The molecule has 0 unspecified atom stereocenters. The summed E-state index contributed by atoms with van der Waals surface area (Å²) in [5.74, 6) is -1.47. The Morgan fingerprint density at radius 1 is 0.386 bits per heavy atom. The monoisotopic (exact) mass is 598 g/mol. The number of hydrogen-bond donors (Lipinski definition) is 0. The van der Waals surface area contributed by atoms with E-state index in [1.807, 2.05) is 0 Å². The summed E-state index contributed by atoms with van der Waals surface area (Å²) in [6.07, 6.45) is 0. The van der Waals surface area contributed by atoms with E-state index >= 15 is 0 Å². The molecule has 0 saturated carbocycles. The quantitative estimate of drug-likeness (QED) is 0.143. The van der Waals surface area contributed by atoms with Gasteiger partial charge < -0.3 is 28.4 Å². The predicted molar refractivity (Wildman–Crippen MR) is 161 cm³/mol. The van der Waals surface area contributed by atoms with Gasteiger partial charge >= 0.3 is 0 Å². The standard InChI is InChI=1S/C34H30O10/c1-39-21-9-11-23(25(17-21)33(37)31(35)19-7-13-27(41-3)29(15-19)43-5)24-12-10-22(40-2)18-26(24)34(38)32(36)20-8-14-28(42-4)30(16-20)44-6/h7-18H,1-6H3. The van der Waals surface area contributed by atoms with Gasteiger partial charge in [-0.1, -0.05) is 0 Å². The molecule has 0 bridgehead atoms. The lowest BCUT2D eigenvalue weighted by Gasteiger charge is -2.15. The first-order chi connectivity index (χ1) is 21.2. The molecule has 4 aromatic carbocycles. The minimum atomic E-state index is -0.869. The fraction of sp³-hybridized carbons (Fsp3) is 0.176. The highest BCUT2D eigenvalue weighted by atomic mass is 16.5. The first-order valence-corrected chi connectivity index (χ1v) is 13.2. The smallest absolute Gasteiger partial charge is 0.234 e. The van der Waals surface area contributed by atoms with E-state index in [0.29, 0.717) is 23.0 Å². The average Bonchev–Trinajstić information content (AvgIpc) is 3.08. The van der Waals surface area contributed by atoms with Crippen LogP contribution in [0, 0.1) is 0 Å². The number of Topliss-reactive ketones (excluding diaryl/α,β-unsaturated/α-hetero) is 4. The minimum absolute atomic E-state index is 0.0399. The summed E-state index contributed by atoms with van der Waals surface area (Å²) in [6, 6.07) is 17.8. The Morgan fingerprint density at radius 3 is 1.07 bits per heavy atom. The van der Waals surface area contributed by atoms with Crippen molar-refractivity contribution in [3.8, 4) is 45.6 Å². The van der Waals surface area contributed by atoms with Crippen molar-refractivity contribution >= 4 is 23.1 Å². The molecule has 0 aliphatic carbocycles. The van der Waals surface area contributed by atoms with Crippen molar-refractivity contribution in [1.29, 1.82) is 0 Å². The number of hydrogen-bond acceptors (Lipinski definition) is 10. The van der Waals surface area contributed by atoms with Crippen LogP contribution in [0.25, 0.3) is 11.1 Å². The summed E-state index contributed by atoms with van der Waals surface area (Å²) in [4.78, 5) is 54.5. The third-order valence-corrected chi connectivity index (χ3v) is 6.94. The van der Waals surface area contributed by atoms with Crippen molar-refractivity contribution in [2.45, 2.75) is 0 Å². The lowest BCUT2D eigenvalue weighted by Crippen LogP contribution is -2.18. The molecular formula is C34H30O10. The third kappa shape index (κ3) is 6.10. The number of carbonyl (C=O) groups excluding carboxylic acids is 4. The van der Waals surface area contributed by atoms with Crippen LogP contribution in [0.4, 0.5) is 0 Å². The normalized spacial score (nSPS) is 10.4. The van der Waals surface area contributed by atoms with Crippen molar-refractivity contribution in [2.75, 3.05) is 42.7 Å². The van der Waals surface area contributed by atoms with Crippen LogP contribution in [0.3, 0.4) is 0 Å². The van der Waals surface area contributed by atoms with Gasteiger partial charge in [0.2, 0.25) is 23.1 Å². The van der Waals surface area contributed by atoms with Gasteiger partial charge in [0.15, 0.2) is 23.0 Å². The van der Waals surface area contributed by atoms with E-state index in [1.165, 1.54) is 91.2 Å². The molecule has 4 rings (SSSR count). The van der Waals surface area contributed by atoms with Crippen molar-refractivity contribution < 1.29 is 47.6 Å². The van der Waals surface area contributed by atoms with E-state index in [9.17, 15) is 19.2 Å². The van der Waals surface area contributed by atoms with Crippen LogP contribution >= 0.6 is 0 Å². The molecular weight excluding hydrogens is 568 g/mol. The highest BCUT2D eigenvalue weighted by molar-refractivity contribution is 6.51. The molecule has 0 saturated heterocycles. The van der Waals surface area contributed by atoms with Crippen molar-refractivity contribution in [3.05, 3.63) is 95.1 Å². The Kier molecular flexibility index (Phi) is 9.64. The summed E-state index contributed by atoms with van der Waals surface area (Å²) in [7, 11) is 8.58. The van der Waals surface area contributed by atoms with Gasteiger partial charge in [-0.25, -0.2) is 0 Å². The zero-order chi connectivity index (χ0) is 32.0. The summed E-state index contributed by atoms with van der Waals surface area (Å²) in [5.41, 5.74) is 0.516. The number of carbonyl (C=O) groups is 4. The zero-order valence-corrected chi connectivity index (χ0v) is 25.0. The topological polar surface area (TPSA) is 124 Å². The van der Waals surface area contributed by atoms with Gasteiger partial charge in [-0.05, 0) is 83.9 Å². The van der Waals surface area contributed by atoms with Gasteiger partial charge in [0.05, 0.1) is 42.7 Å². The predicted octanol–water partition coefficient (Wildman–Crippen LogP) is 5.54. The van der Waals surface area contributed by atoms with Gasteiger partial charge in [0.25, 0.3) is 0 Å². The largest absolute Gasteiger partial charge is 0.497 e. The molecule has 0 radical (unpaired) electrons. The number of methoxy groups -OCH3 is 6. The van der Waals surface area contributed by atoms with Crippen LogP contribution in [-0.4, -0.2) is 65.8 Å². The van der Waals surface area contributed by atoms with Crippen LogP contribution < -0.4 is 28.4 Å². The van der Waals surface area contributed by atoms with Gasteiger partial charge in [0, 0.05) is 22.3 Å². The molecule has 0 amide bonds. The third-order valence-electron chi connectivity index (χ3n) is 6.94. The van der Waals surface area contributed by atoms with Crippen LogP contribution in [0.5, 0.6) is 34.5 Å². The van der Waals surface area contributed by atoms with E-state index < -0.39 is 23.1 Å². The van der Waals surface area contributed by atoms with Crippen LogP contribution in [0.1, 0.15) is 41.4 Å². The molecule has 0 aliphatic heterocycles. The van der Waals surface area contributed by atoms with E-state index in [-0.39, 0.29) is 44.9 Å². The molecule has 0 aromatic heterocycles. The number of ether oxygens (including phenoxy) is 6. The van der Waals surface area contributed by atoms with Crippen LogP contribution in [-0.2, 0) is 0 Å². The fourth-order valence-corrected chi connectivity index (χ4v) is 4.61. The molecule has 0 aliphatic rings. The van der Waals surface area contributed by atoms with Crippen molar-refractivity contribution in [2.24, 2.45) is 0 Å². The van der Waals surface area contributed by atoms with E-state index in [1.54, 1.807) is 24.3 Å². The van der Waals surface area contributed by atoms with Crippen molar-refractivity contribution in [1.82, 2.24) is 0 Å². The van der Waals surface area contributed by atoms with Crippen LogP contribution in [0.15, 0.2) is 72.8 Å². The highest BCUT2D eigenvalue weighted by Gasteiger charge is 2.28. The molecule has 0 atom stereocenters. The second-order valence-electron chi connectivity index (χ2n) is 9.28. The summed E-state index contributed by atoms with van der Waals surface area (Å²) in [5, 5.41) is 0. The molecule has 226 valence electrons. The van der Waals surface area contributed by atoms with E-state index in [0.717, 1.165) is 0 Å². The van der Waals surface area contributed by atoms with Crippen molar-refractivity contribution in [3.63, 3.8) is 0 Å². The SMILES string of the molecule is COc1ccc(-c2ccc(OC)cc2C(=O)C(=O)c2ccc(OC)c(OC)c2)c(C(=O)C(=O)c2ccc(OC)c(OC)c2)c1. The molecule has 0 N–H and O–H groups in total. The minimum Gasteiger partial charge on any atom is -0.497 e. The molecule has 4 aromatic rings. The molecule has 10 nitrogen and oxygen atoms in total. The maximum atomic E-state index is 13.8. The van der Waals surface area contributed by atoms with Gasteiger partial charge in [-0.2, -0.15) is 0 Å². The van der Waals surface area contributed by atoms with E-state index in [4.69, 9.17) is 28.4 Å². The van der Waals surface area contributed by atoms with Gasteiger partial charge in [-0.15, -0.1) is 0 Å². The van der Waals surface area contributed by atoms with Gasteiger partial charge in [-0.3, -0.25) is 19.2 Å². The lowest BCUT2D eigenvalue weighted by molar-refractivity contribution is 0.0816. The maximum absolute atomic E-state index is 13.8. The Bertz CT molecular complexity index is 1630. The first kappa shape index (κ1) is 31.3. The Balaban J connectivity index is 1.84. The van der Waals surface area contributed by atoms with E-state index in [2.05, 4.69) is 0 Å². The number of rotatable bonds is 13. The summed E-state index contributed by atoms with van der Waals surface area (Å²) in [6.45, 7) is 0. The Hall–Kier alpha value is -5.64. The maximum Gasteiger partial charge on any atom is 0.234 e. The summed E-state index contributed by atoms with van der Waals surface area (Å²) >= 11 is 0.